The first-order chi connectivity index (χ1) is 10.8. The van der Waals surface area contributed by atoms with E-state index in [4.69, 9.17) is 5.73 Å². The summed E-state index contributed by atoms with van der Waals surface area (Å²) in [5.41, 5.74) is 5.28. The molecule has 0 aliphatic rings. The lowest BCUT2D eigenvalue weighted by molar-refractivity contribution is -0.149. The lowest BCUT2D eigenvalue weighted by Gasteiger charge is -2.26. The zero-order valence-corrected chi connectivity index (χ0v) is 13.4. The van der Waals surface area contributed by atoms with Gasteiger partial charge in [-0.25, -0.2) is 4.79 Å². The Bertz CT molecular complexity index is 565. The van der Waals surface area contributed by atoms with E-state index in [1.165, 1.54) is 0 Å². The molecular weight excluding hydrogens is 298 g/mol. The van der Waals surface area contributed by atoms with Crippen molar-refractivity contribution in [2.75, 3.05) is 6.54 Å². The first-order valence-corrected chi connectivity index (χ1v) is 7.48. The van der Waals surface area contributed by atoms with Crippen LogP contribution in [0.25, 0.3) is 0 Å². The number of rotatable bonds is 8. The largest absolute Gasteiger partial charge is 0.481 e. The standard InChI is InChI=1S/C16H23N3O4/c1-3-16(4-2,14(21)22)10-19-13(20)12-7-5-11(6-8-12)9-18-15(17)23/h5-8H,3-4,9-10H2,1-2H3,(H,19,20)(H,21,22)(H3,17,18,23). The molecule has 3 amide bonds. The fourth-order valence-electron chi connectivity index (χ4n) is 2.19. The van der Waals surface area contributed by atoms with Gasteiger partial charge in [-0.15, -0.1) is 0 Å². The molecule has 23 heavy (non-hydrogen) atoms. The van der Waals surface area contributed by atoms with Gasteiger partial charge in [0.2, 0.25) is 0 Å². The Labute approximate surface area is 135 Å². The second-order valence-corrected chi connectivity index (χ2v) is 5.39. The molecule has 0 radical (unpaired) electrons. The van der Waals surface area contributed by atoms with Crippen LogP contribution in [0.15, 0.2) is 24.3 Å². The topological polar surface area (TPSA) is 122 Å². The van der Waals surface area contributed by atoms with Gasteiger partial charge in [-0.05, 0) is 30.5 Å². The average Bonchev–Trinajstić information content (AvgIpc) is 2.54. The summed E-state index contributed by atoms with van der Waals surface area (Å²) in [6, 6.07) is 6.03. The molecule has 0 heterocycles. The van der Waals surface area contributed by atoms with Crippen LogP contribution < -0.4 is 16.4 Å². The number of benzene rings is 1. The third-order valence-corrected chi connectivity index (χ3v) is 4.08. The van der Waals surface area contributed by atoms with E-state index in [0.717, 1.165) is 5.56 Å². The minimum atomic E-state index is -0.943. The molecular formula is C16H23N3O4. The van der Waals surface area contributed by atoms with Crippen LogP contribution in [0.3, 0.4) is 0 Å². The van der Waals surface area contributed by atoms with Crippen molar-refractivity contribution in [2.45, 2.75) is 33.2 Å². The molecule has 0 bridgehead atoms. The number of carboxylic acid groups (broad SMARTS) is 1. The minimum Gasteiger partial charge on any atom is -0.481 e. The zero-order valence-electron chi connectivity index (χ0n) is 13.4. The number of amides is 3. The van der Waals surface area contributed by atoms with Crippen LogP contribution in [0.5, 0.6) is 0 Å². The molecule has 1 rings (SSSR count). The van der Waals surface area contributed by atoms with Crippen molar-refractivity contribution in [1.82, 2.24) is 10.6 Å². The van der Waals surface area contributed by atoms with Crippen molar-refractivity contribution >= 4 is 17.9 Å². The second kappa shape index (κ2) is 8.17. The Kier molecular flexibility index (Phi) is 6.56. The summed E-state index contributed by atoms with van der Waals surface area (Å²) in [5, 5.41) is 14.5. The normalized spacial score (nSPS) is 10.9. The number of nitrogens with one attached hydrogen (secondary N) is 2. The van der Waals surface area contributed by atoms with E-state index in [1.54, 1.807) is 38.1 Å². The molecule has 0 saturated carbocycles. The fourth-order valence-corrected chi connectivity index (χ4v) is 2.19. The molecule has 0 fully saturated rings. The molecule has 0 aliphatic heterocycles. The van der Waals surface area contributed by atoms with Crippen molar-refractivity contribution in [3.8, 4) is 0 Å². The summed E-state index contributed by atoms with van der Waals surface area (Å²) in [4.78, 5) is 34.2. The monoisotopic (exact) mass is 321 g/mol. The predicted octanol–water partition coefficient (Wildman–Crippen LogP) is 1.48. The molecule has 7 nitrogen and oxygen atoms in total. The molecule has 5 N–H and O–H groups in total. The Morgan fingerprint density at radius 3 is 2.09 bits per heavy atom. The van der Waals surface area contributed by atoms with Gasteiger partial charge in [-0.1, -0.05) is 26.0 Å². The van der Waals surface area contributed by atoms with Gasteiger partial charge in [-0.2, -0.15) is 0 Å². The summed E-state index contributed by atoms with van der Waals surface area (Å²) >= 11 is 0. The van der Waals surface area contributed by atoms with E-state index in [1.807, 2.05) is 0 Å². The van der Waals surface area contributed by atoms with E-state index >= 15 is 0 Å². The lowest BCUT2D eigenvalue weighted by Crippen LogP contribution is -2.42. The zero-order chi connectivity index (χ0) is 17.5. The SMILES string of the molecule is CCC(CC)(CNC(=O)c1ccc(CNC(N)=O)cc1)C(=O)O. The van der Waals surface area contributed by atoms with Gasteiger partial charge < -0.3 is 21.5 Å². The summed E-state index contributed by atoms with van der Waals surface area (Å²) in [6.07, 6.45) is 0.883. The molecule has 0 atom stereocenters. The molecule has 126 valence electrons. The average molecular weight is 321 g/mol. The maximum absolute atomic E-state index is 12.1. The quantitative estimate of drug-likeness (QED) is 0.579. The van der Waals surface area contributed by atoms with Gasteiger partial charge >= 0.3 is 12.0 Å². The smallest absolute Gasteiger partial charge is 0.312 e. The van der Waals surface area contributed by atoms with Crippen molar-refractivity contribution < 1.29 is 19.5 Å². The van der Waals surface area contributed by atoms with Crippen LogP contribution in [0.4, 0.5) is 4.79 Å². The summed E-state index contributed by atoms with van der Waals surface area (Å²) in [7, 11) is 0. The van der Waals surface area contributed by atoms with Crippen molar-refractivity contribution in [1.29, 1.82) is 0 Å². The van der Waals surface area contributed by atoms with Crippen LogP contribution >= 0.6 is 0 Å². The van der Waals surface area contributed by atoms with E-state index in [-0.39, 0.29) is 19.0 Å². The Morgan fingerprint density at radius 1 is 1.09 bits per heavy atom. The number of carbonyl (C=O) groups is 3. The van der Waals surface area contributed by atoms with Gasteiger partial charge in [0.1, 0.15) is 0 Å². The van der Waals surface area contributed by atoms with Crippen molar-refractivity contribution in [3.05, 3.63) is 35.4 Å². The predicted molar refractivity (Wildman–Crippen MR) is 85.8 cm³/mol. The van der Waals surface area contributed by atoms with Crippen molar-refractivity contribution in [3.63, 3.8) is 0 Å². The van der Waals surface area contributed by atoms with Gasteiger partial charge in [0.25, 0.3) is 5.91 Å². The molecule has 1 aromatic carbocycles. The number of hydrogen-bond donors (Lipinski definition) is 4. The highest BCUT2D eigenvalue weighted by Crippen LogP contribution is 2.25. The second-order valence-electron chi connectivity index (χ2n) is 5.39. The number of nitrogens with two attached hydrogens (primary N) is 1. The fraction of sp³-hybridized carbons (Fsp3) is 0.438. The highest BCUT2D eigenvalue weighted by molar-refractivity contribution is 5.94. The van der Waals surface area contributed by atoms with Crippen LogP contribution in [-0.4, -0.2) is 29.6 Å². The van der Waals surface area contributed by atoms with E-state index < -0.39 is 17.4 Å². The number of primary amides is 1. The lowest BCUT2D eigenvalue weighted by atomic mass is 9.82. The Balaban J connectivity index is 2.67. The van der Waals surface area contributed by atoms with Crippen LogP contribution in [0, 0.1) is 5.41 Å². The number of hydrogen-bond acceptors (Lipinski definition) is 3. The maximum Gasteiger partial charge on any atom is 0.312 e. The van der Waals surface area contributed by atoms with Crippen LogP contribution in [-0.2, 0) is 11.3 Å². The number of carboxylic acids is 1. The van der Waals surface area contributed by atoms with E-state index in [9.17, 15) is 19.5 Å². The van der Waals surface area contributed by atoms with Gasteiger partial charge in [0.15, 0.2) is 0 Å². The Morgan fingerprint density at radius 2 is 1.65 bits per heavy atom. The number of aliphatic carboxylic acids is 1. The summed E-state index contributed by atoms with van der Waals surface area (Å²) in [5.74, 6) is -1.23. The van der Waals surface area contributed by atoms with Gasteiger partial charge in [-0.3, -0.25) is 9.59 Å². The third kappa shape index (κ3) is 4.98. The summed E-state index contributed by atoms with van der Waals surface area (Å²) < 4.78 is 0. The van der Waals surface area contributed by atoms with Crippen LogP contribution in [0.1, 0.15) is 42.6 Å². The molecule has 1 aromatic rings. The first-order valence-electron chi connectivity index (χ1n) is 7.48. The van der Waals surface area contributed by atoms with Gasteiger partial charge in [0.05, 0.1) is 5.41 Å². The Hall–Kier alpha value is -2.57. The first kappa shape index (κ1) is 18.5. The van der Waals surface area contributed by atoms with Crippen molar-refractivity contribution in [2.24, 2.45) is 11.1 Å². The number of urea groups is 1. The number of carbonyl (C=O) groups excluding carboxylic acids is 2. The minimum absolute atomic E-state index is 0.0825. The molecule has 0 spiro atoms. The van der Waals surface area contributed by atoms with E-state index in [2.05, 4.69) is 10.6 Å². The maximum atomic E-state index is 12.1. The molecule has 0 aliphatic carbocycles. The molecule has 0 saturated heterocycles. The van der Waals surface area contributed by atoms with E-state index in [0.29, 0.717) is 18.4 Å². The molecule has 0 unspecified atom stereocenters. The molecule has 7 heteroatoms. The van der Waals surface area contributed by atoms with Gasteiger partial charge in [0, 0.05) is 18.7 Å². The van der Waals surface area contributed by atoms with Crippen LogP contribution in [0.2, 0.25) is 0 Å². The summed E-state index contributed by atoms with van der Waals surface area (Å²) in [6.45, 7) is 3.96. The third-order valence-electron chi connectivity index (χ3n) is 4.08. The highest BCUT2D eigenvalue weighted by Gasteiger charge is 2.35. The highest BCUT2D eigenvalue weighted by atomic mass is 16.4. The molecule has 0 aromatic heterocycles.